The predicted octanol–water partition coefficient (Wildman–Crippen LogP) is 4.86. The van der Waals surface area contributed by atoms with Gasteiger partial charge in [0, 0.05) is 34.8 Å². The summed E-state index contributed by atoms with van der Waals surface area (Å²) in [5, 5.41) is 15.6. The highest BCUT2D eigenvalue weighted by molar-refractivity contribution is 7.93. The Morgan fingerprint density at radius 2 is 1.95 bits per heavy atom. The molecule has 0 saturated carbocycles. The van der Waals surface area contributed by atoms with E-state index < -0.39 is 10.0 Å². The van der Waals surface area contributed by atoms with E-state index in [2.05, 4.69) is 28.2 Å². The third kappa shape index (κ3) is 5.04. The number of methoxy groups -OCH3 is 2. The number of sulfonamides is 1. The Bertz CT molecular complexity index is 1460. The lowest BCUT2D eigenvalue weighted by Crippen LogP contribution is -2.50. The molecule has 1 unspecified atom stereocenters. The van der Waals surface area contributed by atoms with Crippen LogP contribution in [0.15, 0.2) is 52.9 Å². The van der Waals surface area contributed by atoms with Crippen molar-refractivity contribution >= 4 is 32.2 Å². The molecular weight excluding hydrogens is 534 g/mol. The van der Waals surface area contributed by atoms with Crippen LogP contribution in [0.3, 0.4) is 0 Å². The maximum atomic E-state index is 14.0. The fourth-order valence-electron chi connectivity index (χ4n) is 5.99. The lowest BCUT2D eigenvalue weighted by atomic mass is 9.86. The van der Waals surface area contributed by atoms with E-state index in [0.717, 1.165) is 25.9 Å². The number of anilines is 2. The van der Waals surface area contributed by atoms with Gasteiger partial charge in [0.2, 0.25) is 0 Å². The number of hydrogen-bond acceptors (Lipinski definition) is 9. The molecule has 2 aromatic carbocycles. The van der Waals surface area contributed by atoms with Gasteiger partial charge < -0.3 is 14.8 Å². The molecule has 0 radical (unpaired) electrons. The molecule has 5 rings (SSSR count). The van der Waals surface area contributed by atoms with Crippen LogP contribution in [-0.2, 0) is 16.6 Å². The minimum absolute atomic E-state index is 0.000289. The summed E-state index contributed by atoms with van der Waals surface area (Å²) < 4.78 is 40.1. The van der Waals surface area contributed by atoms with Crippen LogP contribution < -0.4 is 19.1 Å². The summed E-state index contributed by atoms with van der Waals surface area (Å²) in [7, 11) is -0.975. The number of aromatic nitrogens is 1. The first-order valence-corrected chi connectivity index (χ1v) is 15.3. The number of ether oxygens (including phenoxy) is 2. The molecule has 3 heterocycles. The van der Waals surface area contributed by atoms with E-state index in [0.29, 0.717) is 33.4 Å². The highest BCUT2D eigenvalue weighted by Crippen LogP contribution is 2.42. The van der Waals surface area contributed by atoms with Gasteiger partial charge in [0.1, 0.15) is 17.6 Å². The minimum Gasteiger partial charge on any atom is -0.497 e. The Kier molecular flexibility index (Phi) is 7.71. The van der Waals surface area contributed by atoms with Crippen LogP contribution in [0.4, 0.5) is 10.8 Å². The fourth-order valence-corrected chi connectivity index (χ4v) is 8.28. The van der Waals surface area contributed by atoms with Gasteiger partial charge in [-0.25, -0.2) is 17.7 Å². The van der Waals surface area contributed by atoms with Gasteiger partial charge >= 0.3 is 0 Å². The van der Waals surface area contributed by atoms with E-state index in [4.69, 9.17) is 9.47 Å². The summed E-state index contributed by atoms with van der Waals surface area (Å²) in [6.07, 6.45) is 6.19. The molecule has 2 fully saturated rings. The number of nitriles is 1. The van der Waals surface area contributed by atoms with Gasteiger partial charge in [-0.2, -0.15) is 5.26 Å². The standard InChI is InChI=1S/C28H33N5O4S2/c1-20(28-10-4-13-32(28)14-5-11-28)31-25-9-8-24(16-22(25)18-29)39(34,35)33(27-30-12-15-38-27)19-21-6-7-23(36-2)17-26(21)37-3/h6-9,12,15-17,20,31H,4-5,10-11,13-14,19H2,1-3H3. The van der Waals surface area contributed by atoms with Crippen molar-refractivity contribution in [3.05, 3.63) is 59.1 Å². The number of nitrogens with one attached hydrogen (secondary N) is 1. The Labute approximate surface area is 234 Å². The zero-order chi connectivity index (χ0) is 27.6. The molecule has 1 aromatic heterocycles. The Balaban J connectivity index is 1.46. The molecule has 9 nitrogen and oxygen atoms in total. The number of fused-ring (bicyclic) bond motifs is 1. The highest BCUT2D eigenvalue weighted by Gasteiger charge is 2.48. The Morgan fingerprint density at radius 3 is 2.59 bits per heavy atom. The van der Waals surface area contributed by atoms with Crippen molar-refractivity contribution in [1.29, 1.82) is 5.26 Å². The van der Waals surface area contributed by atoms with Gasteiger partial charge in [0.25, 0.3) is 10.0 Å². The molecule has 1 atom stereocenters. The summed E-state index contributed by atoms with van der Waals surface area (Å²) in [6.45, 7) is 4.39. The average molecular weight is 568 g/mol. The highest BCUT2D eigenvalue weighted by atomic mass is 32.2. The molecule has 0 bridgehead atoms. The smallest absolute Gasteiger partial charge is 0.266 e. The lowest BCUT2D eigenvalue weighted by Gasteiger charge is -2.39. The van der Waals surface area contributed by atoms with Crippen LogP contribution in [-0.4, -0.2) is 57.2 Å². The van der Waals surface area contributed by atoms with E-state index in [1.54, 1.807) is 49.0 Å². The first-order chi connectivity index (χ1) is 18.8. The topological polar surface area (TPSA) is 108 Å². The predicted molar refractivity (Wildman–Crippen MR) is 152 cm³/mol. The molecular formula is C28H33N5O4S2. The van der Waals surface area contributed by atoms with Crippen molar-refractivity contribution < 1.29 is 17.9 Å². The number of thiazole rings is 1. The van der Waals surface area contributed by atoms with Crippen LogP contribution in [0, 0.1) is 11.3 Å². The minimum atomic E-state index is -4.06. The second kappa shape index (κ2) is 11.0. The molecule has 2 aliphatic heterocycles. The van der Waals surface area contributed by atoms with E-state index >= 15 is 0 Å². The summed E-state index contributed by atoms with van der Waals surface area (Å²) in [4.78, 5) is 6.88. The summed E-state index contributed by atoms with van der Waals surface area (Å²) in [5.74, 6) is 1.11. The maximum absolute atomic E-state index is 14.0. The van der Waals surface area contributed by atoms with Crippen molar-refractivity contribution in [2.24, 2.45) is 0 Å². The molecule has 39 heavy (non-hydrogen) atoms. The first-order valence-electron chi connectivity index (χ1n) is 13.0. The van der Waals surface area contributed by atoms with E-state index in [1.165, 1.54) is 41.7 Å². The van der Waals surface area contributed by atoms with Gasteiger partial charge in [-0.05, 0) is 76.0 Å². The number of rotatable bonds is 10. The molecule has 0 spiro atoms. The largest absolute Gasteiger partial charge is 0.497 e. The zero-order valence-electron chi connectivity index (χ0n) is 22.4. The molecule has 206 valence electrons. The number of nitrogens with zero attached hydrogens (tertiary/aromatic N) is 4. The SMILES string of the molecule is COc1ccc(CN(c2nccs2)S(=O)(=O)c2ccc(NC(C)C34CCCN3CCC4)c(C#N)c2)c(OC)c1. The Hall–Kier alpha value is -3.33. The molecule has 2 aliphatic rings. The summed E-state index contributed by atoms with van der Waals surface area (Å²) >= 11 is 1.22. The number of benzene rings is 2. The number of hydrogen-bond donors (Lipinski definition) is 1. The van der Waals surface area contributed by atoms with Crippen LogP contribution in [0.5, 0.6) is 11.5 Å². The molecule has 3 aromatic rings. The second-order valence-corrected chi connectivity index (χ2v) is 12.7. The monoisotopic (exact) mass is 567 g/mol. The average Bonchev–Trinajstić information content (AvgIpc) is 3.70. The van der Waals surface area contributed by atoms with Crippen molar-refractivity contribution in [3.8, 4) is 17.6 Å². The van der Waals surface area contributed by atoms with Gasteiger partial charge in [-0.3, -0.25) is 4.90 Å². The molecule has 0 amide bonds. The molecule has 2 saturated heterocycles. The fraction of sp³-hybridized carbons (Fsp3) is 0.429. The van der Waals surface area contributed by atoms with Crippen molar-refractivity contribution in [2.75, 3.05) is 36.9 Å². The third-order valence-corrected chi connectivity index (χ3v) is 10.7. The van der Waals surface area contributed by atoms with Gasteiger partial charge in [-0.1, -0.05) is 0 Å². The quantitative estimate of drug-likeness (QED) is 0.370. The van der Waals surface area contributed by atoms with Crippen LogP contribution in [0.1, 0.15) is 43.7 Å². The zero-order valence-corrected chi connectivity index (χ0v) is 24.0. The second-order valence-electron chi connectivity index (χ2n) is 9.99. The summed E-state index contributed by atoms with van der Waals surface area (Å²) in [5.41, 5.74) is 1.69. The van der Waals surface area contributed by atoms with Crippen LogP contribution in [0.2, 0.25) is 0 Å². The molecule has 0 aliphatic carbocycles. The van der Waals surface area contributed by atoms with Gasteiger partial charge in [0.15, 0.2) is 5.13 Å². The normalized spacial score (nSPS) is 17.3. The van der Waals surface area contributed by atoms with Gasteiger partial charge in [-0.15, -0.1) is 11.3 Å². The molecule has 1 N–H and O–H groups in total. The lowest BCUT2D eigenvalue weighted by molar-refractivity contribution is 0.174. The van der Waals surface area contributed by atoms with Crippen molar-refractivity contribution in [1.82, 2.24) is 9.88 Å². The van der Waals surface area contributed by atoms with Crippen molar-refractivity contribution in [2.45, 2.75) is 55.6 Å². The van der Waals surface area contributed by atoms with E-state index in [9.17, 15) is 13.7 Å². The van der Waals surface area contributed by atoms with Crippen LogP contribution >= 0.6 is 11.3 Å². The van der Waals surface area contributed by atoms with Crippen molar-refractivity contribution in [3.63, 3.8) is 0 Å². The van der Waals surface area contributed by atoms with Gasteiger partial charge in [0.05, 0.1) is 36.9 Å². The first kappa shape index (κ1) is 27.2. The third-order valence-electron chi connectivity index (χ3n) is 8.02. The molecule has 11 heteroatoms. The van der Waals surface area contributed by atoms with Crippen LogP contribution in [0.25, 0.3) is 0 Å². The Morgan fingerprint density at radius 1 is 1.18 bits per heavy atom. The maximum Gasteiger partial charge on any atom is 0.266 e. The van der Waals surface area contributed by atoms with E-state index in [1.807, 2.05) is 0 Å². The summed E-state index contributed by atoms with van der Waals surface area (Å²) in [6, 6.07) is 12.3. The van der Waals surface area contributed by atoms with E-state index in [-0.39, 0.29) is 23.0 Å².